The third-order valence-electron chi connectivity index (χ3n) is 7.18. The Hall–Kier alpha value is -5.24. The van der Waals surface area contributed by atoms with E-state index >= 15 is 0 Å². The summed E-state index contributed by atoms with van der Waals surface area (Å²) in [4.78, 5) is 15.2. The van der Waals surface area contributed by atoms with Gasteiger partial charge in [0.2, 0.25) is 5.88 Å². The van der Waals surface area contributed by atoms with Crippen LogP contribution in [0.1, 0.15) is 40.9 Å². The molecule has 1 atom stereocenters. The molecule has 40 heavy (non-hydrogen) atoms. The number of aromatic nitrogens is 4. The fourth-order valence-electron chi connectivity index (χ4n) is 5.26. The molecule has 0 aliphatic carbocycles. The molecule has 0 saturated heterocycles. The molecule has 7 rings (SSSR count). The number of benzene rings is 4. The van der Waals surface area contributed by atoms with E-state index in [4.69, 9.17) is 19.3 Å². The maximum atomic E-state index is 6.38. The molecule has 0 amide bonds. The van der Waals surface area contributed by atoms with Crippen molar-refractivity contribution in [2.75, 3.05) is 7.11 Å². The maximum Gasteiger partial charge on any atom is 0.228 e. The van der Waals surface area contributed by atoms with Gasteiger partial charge in [-0.05, 0) is 59.2 Å². The molecule has 1 aliphatic heterocycles. The van der Waals surface area contributed by atoms with Crippen LogP contribution in [0, 0.1) is 0 Å². The summed E-state index contributed by atoms with van der Waals surface area (Å²) in [6.45, 7) is 2.00. The molecule has 0 bridgehead atoms. The molecular weight excluding hydrogens is 502 g/mol. The SMILES string of the molecule is COc1ccc(/C(C)=N\OCc2nc3c4c(ncn3n2)Oc2ccc3ccccc3c2[C@@H]4c2ccccc2)cc1. The highest BCUT2D eigenvalue weighted by Crippen LogP contribution is 2.50. The van der Waals surface area contributed by atoms with E-state index < -0.39 is 0 Å². The number of nitrogens with zero attached hydrogens (tertiary/aromatic N) is 5. The summed E-state index contributed by atoms with van der Waals surface area (Å²) in [5.41, 5.74) is 5.44. The van der Waals surface area contributed by atoms with Crippen molar-refractivity contribution in [3.63, 3.8) is 0 Å². The highest BCUT2D eigenvalue weighted by molar-refractivity contribution is 5.98. The summed E-state index contributed by atoms with van der Waals surface area (Å²) in [6.07, 6.45) is 1.63. The molecule has 4 aromatic carbocycles. The first-order chi connectivity index (χ1) is 19.7. The average Bonchev–Trinajstić information content (AvgIpc) is 3.43. The van der Waals surface area contributed by atoms with Crippen LogP contribution in [-0.2, 0) is 11.4 Å². The summed E-state index contributed by atoms with van der Waals surface area (Å²) in [6, 6.07) is 30.5. The molecule has 8 heteroatoms. The predicted octanol–water partition coefficient (Wildman–Crippen LogP) is 6.51. The van der Waals surface area contributed by atoms with Gasteiger partial charge in [0.15, 0.2) is 18.1 Å². The summed E-state index contributed by atoms with van der Waals surface area (Å²) >= 11 is 0. The smallest absolute Gasteiger partial charge is 0.228 e. The predicted molar refractivity (Wildman–Crippen MR) is 152 cm³/mol. The first-order valence-electron chi connectivity index (χ1n) is 13.0. The molecular formula is C32H25N5O3. The van der Waals surface area contributed by atoms with Gasteiger partial charge in [-0.25, -0.2) is 14.5 Å². The average molecular weight is 528 g/mol. The van der Waals surface area contributed by atoms with Crippen LogP contribution in [-0.4, -0.2) is 32.4 Å². The van der Waals surface area contributed by atoms with E-state index in [2.05, 4.69) is 63.8 Å². The number of rotatable bonds is 6. The minimum atomic E-state index is -0.143. The molecule has 0 N–H and O–H groups in total. The Kier molecular flexibility index (Phi) is 5.85. The number of ether oxygens (including phenoxy) is 2. The fourth-order valence-corrected chi connectivity index (χ4v) is 5.26. The monoisotopic (exact) mass is 527 g/mol. The topological polar surface area (TPSA) is 83.1 Å². The summed E-state index contributed by atoms with van der Waals surface area (Å²) in [7, 11) is 1.64. The lowest BCUT2D eigenvalue weighted by Gasteiger charge is -2.29. The second-order valence-corrected chi connectivity index (χ2v) is 9.58. The Balaban J connectivity index is 1.28. The van der Waals surface area contributed by atoms with Gasteiger partial charge >= 0.3 is 0 Å². The first kappa shape index (κ1) is 23.8. The van der Waals surface area contributed by atoms with E-state index in [0.29, 0.717) is 17.4 Å². The molecule has 6 aromatic rings. The van der Waals surface area contributed by atoms with Crippen molar-refractivity contribution >= 4 is 22.1 Å². The van der Waals surface area contributed by atoms with Crippen LogP contribution in [0.2, 0.25) is 0 Å². The van der Waals surface area contributed by atoms with Gasteiger partial charge < -0.3 is 14.3 Å². The number of fused-ring (bicyclic) bond motifs is 6. The second-order valence-electron chi connectivity index (χ2n) is 9.58. The van der Waals surface area contributed by atoms with E-state index in [1.54, 1.807) is 18.0 Å². The van der Waals surface area contributed by atoms with Crippen molar-refractivity contribution in [2.24, 2.45) is 5.16 Å². The largest absolute Gasteiger partial charge is 0.497 e. The van der Waals surface area contributed by atoms with Crippen LogP contribution in [0.15, 0.2) is 102 Å². The van der Waals surface area contributed by atoms with Gasteiger partial charge in [-0.15, -0.1) is 5.10 Å². The van der Waals surface area contributed by atoms with E-state index in [-0.39, 0.29) is 12.5 Å². The van der Waals surface area contributed by atoms with Gasteiger partial charge in [0.1, 0.15) is 17.8 Å². The van der Waals surface area contributed by atoms with Crippen LogP contribution in [0.5, 0.6) is 17.4 Å². The van der Waals surface area contributed by atoms with E-state index in [1.807, 2.05) is 49.4 Å². The van der Waals surface area contributed by atoms with Gasteiger partial charge in [0, 0.05) is 11.5 Å². The van der Waals surface area contributed by atoms with Crippen LogP contribution in [0.4, 0.5) is 0 Å². The summed E-state index contributed by atoms with van der Waals surface area (Å²) in [5.74, 6) is 2.46. The van der Waals surface area contributed by atoms with Crippen LogP contribution >= 0.6 is 0 Å². The lowest BCUT2D eigenvalue weighted by molar-refractivity contribution is 0.125. The Morgan fingerprint density at radius 1 is 0.925 bits per heavy atom. The van der Waals surface area contributed by atoms with Crippen molar-refractivity contribution in [2.45, 2.75) is 19.4 Å². The van der Waals surface area contributed by atoms with Crippen LogP contribution < -0.4 is 9.47 Å². The van der Waals surface area contributed by atoms with Crippen molar-refractivity contribution in [1.82, 2.24) is 19.6 Å². The zero-order chi connectivity index (χ0) is 27.1. The molecule has 0 radical (unpaired) electrons. The zero-order valence-corrected chi connectivity index (χ0v) is 22.0. The minimum absolute atomic E-state index is 0.111. The van der Waals surface area contributed by atoms with E-state index in [0.717, 1.165) is 50.2 Å². The quantitative estimate of drug-likeness (QED) is 0.181. The van der Waals surface area contributed by atoms with E-state index in [9.17, 15) is 0 Å². The van der Waals surface area contributed by atoms with Gasteiger partial charge in [-0.1, -0.05) is 65.8 Å². The minimum Gasteiger partial charge on any atom is -0.497 e. The highest BCUT2D eigenvalue weighted by atomic mass is 16.6. The normalized spacial score (nSPS) is 14.4. The van der Waals surface area contributed by atoms with Crippen molar-refractivity contribution in [3.8, 4) is 17.4 Å². The molecule has 0 spiro atoms. The zero-order valence-electron chi connectivity index (χ0n) is 22.0. The molecule has 1 aliphatic rings. The van der Waals surface area contributed by atoms with E-state index in [1.165, 1.54) is 0 Å². The molecule has 0 fully saturated rings. The maximum absolute atomic E-state index is 6.38. The Morgan fingerprint density at radius 3 is 2.55 bits per heavy atom. The van der Waals surface area contributed by atoms with Gasteiger partial charge in [0.25, 0.3) is 0 Å². The van der Waals surface area contributed by atoms with Crippen LogP contribution in [0.25, 0.3) is 16.4 Å². The highest BCUT2D eigenvalue weighted by Gasteiger charge is 2.34. The lowest BCUT2D eigenvalue weighted by atomic mass is 9.81. The number of methoxy groups -OCH3 is 1. The third-order valence-corrected chi connectivity index (χ3v) is 7.18. The van der Waals surface area contributed by atoms with Gasteiger partial charge in [-0.2, -0.15) is 0 Å². The second kappa shape index (κ2) is 9.81. The van der Waals surface area contributed by atoms with Crippen molar-refractivity contribution in [3.05, 3.63) is 125 Å². The van der Waals surface area contributed by atoms with Gasteiger partial charge in [-0.3, -0.25) is 0 Å². The first-order valence-corrected chi connectivity index (χ1v) is 13.0. The molecule has 3 heterocycles. The number of hydrogen-bond donors (Lipinski definition) is 0. The fraction of sp³-hybridized carbons (Fsp3) is 0.125. The summed E-state index contributed by atoms with van der Waals surface area (Å²) in [5, 5.41) is 11.2. The molecule has 196 valence electrons. The number of oxime groups is 1. The Morgan fingerprint density at radius 2 is 1.73 bits per heavy atom. The Labute approximate surface area is 230 Å². The van der Waals surface area contributed by atoms with Crippen molar-refractivity contribution < 1.29 is 14.3 Å². The third kappa shape index (κ3) is 4.10. The molecule has 0 saturated carbocycles. The molecule has 8 nitrogen and oxygen atoms in total. The molecule has 0 unspecified atom stereocenters. The number of hydrogen-bond acceptors (Lipinski definition) is 7. The summed E-state index contributed by atoms with van der Waals surface area (Å²) < 4.78 is 13.3. The van der Waals surface area contributed by atoms with Crippen LogP contribution in [0.3, 0.4) is 0 Å². The Bertz CT molecular complexity index is 1880. The standard InChI is InChI=1S/C32H25N5O3/c1-20(21-12-15-24(38-2)16-13-21)36-39-18-27-34-31-30-28(23-9-4-3-5-10-23)29-25-11-7-6-8-22(25)14-17-26(29)40-32(30)33-19-37(31)35-27/h3-17,19,28H,18H2,1-2H3/b36-20-/t28-/m0/s1. The van der Waals surface area contributed by atoms with Gasteiger partial charge in [0.05, 0.1) is 18.4 Å². The molecule has 2 aromatic heterocycles. The van der Waals surface area contributed by atoms with Crippen molar-refractivity contribution in [1.29, 1.82) is 0 Å². The lowest BCUT2D eigenvalue weighted by Crippen LogP contribution is -2.15.